The first-order valence-corrected chi connectivity index (χ1v) is 12.4. The molecular formula is C29H30F4O3. The van der Waals surface area contributed by atoms with Gasteiger partial charge in [-0.15, -0.1) is 6.58 Å². The molecule has 2 fully saturated rings. The average Bonchev–Trinajstić information content (AvgIpc) is 2.85. The molecule has 7 heteroatoms. The maximum Gasteiger partial charge on any atom is 0.343 e. The Labute approximate surface area is 208 Å². The summed E-state index contributed by atoms with van der Waals surface area (Å²) < 4.78 is 68.6. The minimum Gasteiger partial charge on any atom is -0.483 e. The first-order valence-electron chi connectivity index (χ1n) is 12.4. The first kappa shape index (κ1) is 26.0. The number of esters is 1. The number of fused-ring (bicyclic) bond motifs is 1. The summed E-state index contributed by atoms with van der Waals surface area (Å²) in [6.07, 6.45) is 10.7. The summed E-state index contributed by atoms with van der Waals surface area (Å²) in [7, 11) is 0. The highest BCUT2D eigenvalue weighted by molar-refractivity contribution is 5.91. The molecule has 2 aliphatic rings. The van der Waals surface area contributed by atoms with E-state index in [4.69, 9.17) is 9.47 Å². The van der Waals surface area contributed by atoms with Gasteiger partial charge in [-0.3, -0.25) is 0 Å². The molecule has 0 saturated heterocycles. The third-order valence-corrected chi connectivity index (χ3v) is 7.45. The molecule has 2 saturated carbocycles. The lowest BCUT2D eigenvalue weighted by Gasteiger charge is -2.41. The van der Waals surface area contributed by atoms with Crippen molar-refractivity contribution in [3.8, 4) is 11.5 Å². The Kier molecular flexibility index (Phi) is 8.17. The van der Waals surface area contributed by atoms with Gasteiger partial charge >= 0.3 is 5.97 Å². The Balaban J connectivity index is 1.46. The van der Waals surface area contributed by atoms with Crippen molar-refractivity contribution in [1.29, 1.82) is 0 Å². The molecule has 2 aromatic rings. The van der Waals surface area contributed by atoms with Crippen LogP contribution < -0.4 is 9.47 Å². The number of carbonyl (C=O) groups excluding carboxylic acids is 1. The monoisotopic (exact) mass is 502 g/mol. The predicted molar refractivity (Wildman–Crippen MR) is 129 cm³/mol. The minimum absolute atomic E-state index is 0.00411. The molecule has 2 aliphatic carbocycles. The quantitative estimate of drug-likeness (QED) is 0.167. The Morgan fingerprint density at radius 2 is 1.58 bits per heavy atom. The van der Waals surface area contributed by atoms with E-state index < -0.39 is 40.7 Å². The maximum atomic E-state index is 15.1. The van der Waals surface area contributed by atoms with E-state index in [1.807, 2.05) is 6.08 Å². The van der Waals surface area contributed by atoms with Crippen molar-refractivity contribution >= 4 is 5.97 Å². The minimum atomic E-state index is -1.12. The van der Waals surface area contributed by atoms with Crippen LogP contribution in [0.25, 0.3) is 0 Å². The van der Waals surface area contributed by atoms with E-state index in [2.05, 4.69) is 6.58 Å². The van der Waals surface area contributed by atoms with Crippen LogP contribution in [0.2, 0.25) is 0 Å². The molecule has 4 rings (SSSR count). The molecule has 3 nitrogen and oxygen atoms in total. The molecule has 0 aromatic heterocycles. The van der Waals surface area contributed by atoms with Gasteiger partial charge in [0.1, 0.15) is 24.0 Å². The summed E-state index contributed by atoms with van der Waals surface area (Å²) in [6, 6.07) is 3.44. The average molecular weight is 503 g/mol. The largest absolute Gasteiger partial charge is 0.483 e. The zero-order valence-electron chi connectivity index (χ0n) is 20.2. The van der Waals surface area contributed by atoms with Crippen LogP contribution in [0.5, 0.6) is 11.5 Å². The molecule has 192 valence electrons. The smallest absolute Gasteiger partial charge is 0.343 e. The molecule has 0 radical (unpaired) electrons. The van der Waals surface area contributed by atoms with Gasteiger partial charge in [-0.05, 0) is 81.3 Å². The summed E-state index contributed by atoms with van der Waals surface area (Å²) in [5.41, 5.74) is -0.376. The van der Waals surface area contributed by atoms with Crippen LogP contribution in [0.1, 0.15) is 67.3 Å². The molecule has 0 bridgehead atoms. The predicted octanol–water partition coefficient (Wildman–Crippen LogP) is 7.90. The van der Waals surface area contributed by atoms with Crippen LogP contribution in [-0.4, -0.2) is 12.6 Å². The van der Waals surface area contributed by atoms with E-state index in [0.29, 0.717) is 30.6 Å². The van der Waals surface area contributed by atoms with E-state index in [0.717, 1.165) is 49.9 Å². The molecule has 4 atom stereocenters. The van der Waals surface area contributed by atoms with Crippen molar-refractivity contribution in [2.24, 2.45) is 17.8 Å². The van der Waals surface area contributed by atoms with Gasteiger partial charge < -0.3 is 9.47 Å². The number of carbonyl (C=O) groups is 1. The Bertz CT molecular complexity index is 1110. The van der Waals surface area contributed by atoms with Crippen molar-refractivity contribution < 1.29 is 31.8 Å². The molecule has 0 spiro atoms. The van der Waals surface area contributed by atoms with Crippen molar-refractivity contribution in [1.82, 2.24) is 0 Å². The molecule has 0 aliphatic heterocycles. The number of allylic oxidation sites excluding steroid dienone is 2. The highest BCUT2D eigenvalue weighted by Gasteiger charge is 2.37. The van der Waals surface area contributed by atoms with E-state index in [9.17, 15) is 13.6 Å². The molecule has 36 heavy (non-hydrogen) atoms. The van der Waals surface area contributed by atoms with Crippen LogP contribution >= 0.6 is 0 Å². The molecule has 2 aromatic carbocycles. The van der Waals surface area contributed by atoms with Crippen LogP contribution in [0.15, 0.2) is 49.1 Å². The summed E-state index contributed by atoms with van der Waals surface area (Å²) >= 11 is 0. The van der Waals surface area contributed by atoms with Crippen molar-refractivity contribution in [2.75, 3.05) is 6.61 Å². The van der Waals surface area contributed by atoms with Gasteiger partial charge in [-0.1, -0.05) is 18.2 Å². The highest BCUT2D eigenvalue weighted by atomic mass is 19.1. The Hall–Kier alpha value is -3.09. The zero-order chi connectivity index (χ0) is 25.8. The number of ether oxygens (including phenoxy) is 2. The SMILES string of the molecule is C=CC1CCC2CC(c3c(F)cc(C(=O)Oc4cc(F)c(OC/C=C/C)c(F)c4)cc3F)CCC2C1. The van der Waals surface area contributed by atoms with Crippen LogP contribution in [0, 0.1) is 41.0 Å². The van der Waals surface area contributed by atoms with E-state index in [1.54, 1.807) is 19.1 Å². The third kappa shape index (κ3) is 5.66. The fourth-order valence-electron chi connectivity index (χ4n) is 5.62. The van der Waals surface area contributed by atoms with E-state index >= 15 is 8.78 Å². The van der Waals surface area contributed by atoms with Gasteiger partial charge in [0.05, 0.1) is 5.56 Å². The fraction of sp³-hybridized carbons (Fsp3) is 0.414. The topological polar surface area (TPSA) is 35.5 Å². The second kappa shape index (κ2) is 11.3. The zero-order valence-corrected chi connectivity index (χ0v) is 20.2. The summed E-state index contributed by atoms with van der Waals surface area (Å²) in [5, 5.41) is 0. The van der Waals surface area contributed by atoms with E-state index in [-0.39, 0.29) is 23.7 Å². The molecule has 0 heterocycles. The summed E-state index contributed by atoms with van der Waals surface area (Å²) in [5.74, 6) is -4.66. The Morgan fingerprint density at radius 1 is 0.944 bits per heavy atom. The lowest BCUT2D eigenvalue weighted by Crippen LogP contribution is -2.30. The van der Waals surface area contributed by atoms with Crippen molar-refractivity contribution in [3.05, 3.63) is 83.5 Å². The van der Waals surface area contributed by atoms with Gasteiger partial charge in [0, 0.05) is 17.7 Å². The molecule has 4 unspecified atom stereocenters. The first-order chi connectivity index (χ1) is 17.3. The lowest BCUT2D eigenvalue weighted by molar-refractivity contribution is 0.0732. The number of hydrogen-bond acceptors (Lipinski definition) is 3. The molecular weight excluding hydrogens is 472 g/mol. The van der Waals surface area contributed by atoms with Crippen LogP contribution in [-0.2, 0) is 0 Å². The lowest BCUT2D eigenvalue weighted by atomic mass is 9.64. The normalized spacial score (nSPS) is 23.8. The maximum absolute atomic E-state index is 15.1. The third-order valence-electron chi connectivity index (χ3n) is 7.45. The molecule has 0 amide bonds. The fourth-order valence-corrected chi connectivity index (χ4v) is 5.62. The number of rotatable bonds is 7. The van der Waals surface area contributed by atoms with Crippen molar-refractivity contribution in [2.45, 2.75) is 51.4 Å². The Morgan fingerprint density at radius 3 is 2.22 bits per heavy atom. The summed E-state index contributed by atoms with van der Waals surface area (Å²) in [6.45, 7) is 5.60. The van der Waals surface area contributed by atoms with Gasteiger partial charge in [0.25, 0.3) is 0 Å². The number of benzene rings is 2. The second-order valence-electron chi connectivity index (χ2n) is 9.68. The van der Waals surface area contributed by atoms with E-state index in [1.165, 1.54) is 0 Å². The molecule has 0 N–H and O–H groups in total. The van der Waals surface area contributed by atoms with Crippen LogP contribution in [0.4, 0.5) is 17.6 Å². The summed E-state index contributed by atoms with van der Waals surface area (Å²) in [4.78, 5) is 12.5. The van der Waals surface area contributed by atoms with Gasteiger partial charge in [0.2, 0.25) is 0 Å². The van der Waals surface area contributed by atoms with Gasteiger partial charge in [-0.25, -0.2) is 22.4 Å². The highest BCUT2D eigenvalue weighted by Crippen LogP contribution is 2.48. The number of hydrogen-bond donors (Lipinski definition) is 0. The van der Waals surface area contributed by atoms with Gasteiger partial charge in [0.15, 0.2) is 17.4 Å². The second-order valence-corrected chi connectivity index (χ2v) is 9.68. The standard InChI is InChI=1S/C29H30F4O3/c1-3-5-10-35-28-25(32)15-22(16-26(28)33)36-29(34)21-13-23(30)27(24(31)14-21)20-9-8-18-11-17(4-2)6-7-19(18)12-20/h3-5,13-20H,2,6-12H2,1H3/b5-3+. The van der Waals surface area contributed by atoms with Gasteiger partial charge in [-0.2, -0.15) is 0 Å². The van der Waals surface area contributed by atoms with Crippen LogP contribution in [0.3, 0.4) is 0 Å². The number of halogens is 4. The van der Waals surface area contributed by atoms with Crippen molar-refractivity contribution in [3.63, 3.8) is 0 Å².